The van der Waals surface area contributed by atoms with Crippen molar-refractivity contribution < 1.29 is 4.79 Å². The van der Waals surface area contributed by atoms with E-state index in [0.717, 1.165) is 0 Å². The largest absolute Gasteiger partial charge is 0.355 e. The number of hydrogen-bond acceptors (Lipinski definition) is 1. The molecule has 0 atom stereocenters. The molecule has 0 aliphatic rings. The number of halogens is 1. The van der Waals surface area contributed by atoms with Crippen LogP contribution in [-0.4, -0.2) is 18.3 Å². The number of carbonyl (C=O) groups is 1. The van der Waals surface area contributed by atoms with Gasteiger partial charge in [0.2, 0.25) is 5.91 Å². The van der Waals surface area contributed by atoms with Crippen molar-refractivity contribution in [2.24, 2.45) is 5.41 Å². The van der Waals surface area contributed by atoms with E-state index in [1.54, 1.807) is 6.92 Å². The van der Waals surface area contributed by atoms with Gasteiger partial charge in [-0.15, -0.1) is 23.4 Å². The predicted molar refractivity (Wildman–Crippen MR) is 55.6 cm³/mol. The lowest BCUT2D eigenvalue weighted by atomic mass is 9.95. The summed E-state index contributed by atoms with van der Waals surface area (Å²) in [4.78, 5) is 11.4. The Morgan fingerprint density at radius 1 is 1.54 bits per heavy atom. The average molecular weight is 202 g/mol. The molecule has 0 bridgehead atoms. The maximum absolute atomic E-state index is 11.4. The van der Waals surface area contributed by atoms with Gasteiger partial charge in [-0.25, -0.2) is 0 Å². The molecule has 0 aliphatic heterocycles. The maximum atomic E-state index is 11.4. The molecule has 0 aromatic heterocycles. The molecule has 3 heteroatoms. The summed E-state index contributed by atoms with van der Waals surface area (Å²) in [6.45, 7) is 6.02. The van der Waals surface area contributed by atoms with Gasteiger partial charge in [-0.05, 0) is 20.8 Å². The molecule has 0 aromatic carbocycles. The Balaban J connectivity index is 3.79. The smallest absolute Gasteiger partial charge is 0.226 e. The van der Waals surface area contributed by atoms with Crippen molar-refractivity contribution >= 4 is 17.5 Å². The quantitative estimate of drug-likeness (QED) is 0.420. The van der Waals surface area contributed by atoms with E-state index in [9.17, 15) is 4.79 Å². The molecule has 74 valence electrons. The number of amides is 1. The first-order valence-corrected chi connectivity index (χ1v) is 4.82. The van der Waals surface area contributed by atoms with E-state index in [0.29, 0.717) is 18.8 Å². The zero-order chi connectivity index (χ0) is 10.3. The van der Waals surface area contributed by atoms with Gasteiger partial charge in [0, 0.05) is 18.8 Å². The van der Waals surface area contributed by atoms with Gasteiger partial charge in [-0.3, -0.25) is 4.79 Å². The van der Waals surface area contributed by atoms with E-state index in [-0.39, 0.29) is 5.91 Å². The second-order valence-corrected chi connectivity index (χ2v) is 3.72. The monoisotopic (exact) mass is 201 g/mol. The topological polar surface area (TPSA) is 29.1 Å². The minimum absolute atomic E-state index is 0.0135. The summed E-state index contributed by atoms with van der Waals surface area (Å²) in [7, 11) is 0. The third kappa shape index (κ3) is 4.80. The summed E-state index contributed by atoms with van der Waals surface area (Å²) in [5.74, 6) is 5.96. The lowest BCUT2D eigenvalue weighted by Gasteiger charge is -2.19. The fourth-order valence-corrected chi connectivity index (χ4v) is 0.785. The Kier molecular flexibility index (Phi) is 5.57. The fourth-order valence-electron chi connectivity index (χ4n) is 0.663. The van der Waals surface area contributed by atoms with E-state index in [1.165, 1.54) is 0 Å². The highest BCUT2D eigenvalue weighted by Gasteiger charge is 2.25. The summed E-state index contributed by atoms with van der Waals surface area (Å²) in [5.41, 5.74) is -0.485. The molecule has 0 unspecified atom stereocenters. The third-order valence-corrected chi connectivity index (χ3v) is 2.33. The lowest BCUT2D eigenvalue weighted by Crippen LogP contribution is -2.38. The Bertz CT molecular complexity index is 225. The van der Waals surface area contributed by atoms with Gasteiger partial charge in [-0.2, -0.15) is 0 Å². The van der Waals surface area contributed by atoms with Crippen molar-refractivity contribution in [1.29, 1.82) is 0 Å². The fraction of sp³-hybridized carbons (Fsp3) is 0.700. The third-order valence-electron chi connectivity index (χ3n) is 1.66. The van der Waals surface area contributed by atoms with E-state index in [2.05, 4.69) is 17.2 Å². The summed E-state index contributed by atoms with van der Waals surface area (Å²) >= 11 is 5.64. The molecule has 0 aliphatic carbocycles. The second-order valence-electron chi connectivity index (χ2n) is 3.45. The van der Waals surface area contributed by atoms with Gasteiger partial charge in [0.25, 0.3) is 0 Å². The number of carbonyl (C=O) groups excluding carboxylic acids is 1. The lowest BCUT2D eigenvalue weighted by molar-refractivity contribution is -0.128. The summed E-state index contributed by atoms with van der Waals surface area (Å²) in [5, 5.41) is 2.78. The van der Waals surface area contributed by atoms with Gasteiger partial charge in [0.1, 0.15) is 0 Å². The summed E-state index contributed by atoms with van der Waals surface area (Å²) in [6, 6.07) is 0. The Labute approximate surface area is 85.0 Å². The van der Waals surface area contributed by atoms with E-state index in [1.807, 2.05) is 13.8 Å². The molecule has 0 saturated heterocycles. The molecular formula is C10H16ClNO. The Morgan fingerprint density at radius 2 is 2.15 bits per heavy atom. The predicted octanol–water partition coefficient (Wildman–Crippen LogP) is 1.78. The van der Waals surface area contributed by atoms with Gasteiger partial charge in [0.15, 0.2) is 0 Å². The van der Waals surface area contributed by atoms with Crippen LogP contribution in [0.2, 0.25) is 0 Å². The van der Waals surface area contributed by atoms with Crippen LogP contribution in [0.4, 0.5) is 0 Å². The minimum Gasteiger partial charge on any atom is -0.355 e. The number of alkyl halides is 1. The number of hydrogen-bond donors (Lipinski definition) is 1. The molecule has 0 fully saturated rings. The Morgan fingerprint density at radius 3 is 2.62 bits per heavy atom. The number of nitrogens with one attached hydrogen (secondary N) is 1. The first kappa shape index (κ1) is 12.3. The van der Waals surface area contributed by atoms with Gasteiger partial charge in [0.05, 0.1) is 5.41 Å². The molecule has 1 N–H and O–H groups in total. The van der Waals surface area contributed by atoms with Crippen LogP contribution < -0.4 is 5.32 Å². The zero-order valence-electron chi connectivity index (χ0n) is 8.41. The highest BCUT2D eigenvalue weighted by atomic mass is 35.5. The molecule has 0 heterocycles. The van der Waals surface area contributed by atoms with Crippen LogP contribution in [0.15, 0.2) is 0 Å². The van der Waals surface area contributed by atoms with Crippen LogP contribution in [0.1, 0.15) is 27.2 Å². The molecule has 0 rings (SSSR count). The van der Waals surface area contributed by atoms with Crippen molar-refractivity contribution in [2.75, 3.05) is 12.4 Å². The van der Waals surface area contributed by atoms with Crippen molar-refractivity contribution in [3.63, 3.8) is 0 Å². The van der Waals surface area contributed by atoms with Gasteiger partial charge in [-0.1, -0.05) is 0 Å². The minimum atomic E-state index is -0.485. The van der Waals surface area contributed by atoms with E-state index in [4.69, 9.17) is 11.6 Å². The SMILES string of the molecule is CC#CCCNC(=O)C(C)(C)CCl. The molecule has 0 spiro atoms. The van der Waals surface area contributed by atoms with Crippen molar-refractivity contribution in [2.45, 2.75) is 27.2 Å². The molecule has 0 aromatic rings. The van der Waals surface area contributed by atoms with Gasteiger partial charge >= 0.3 is 0 Å². The van der Waals surface area contributed by atoms with Crippen molar-refractivity contribution in [3.05, 3.63) is 0 Å². The van der Waals surface area contributed by atoms with Crippen LogP contribution >= 0.6 is 11.6 Å². The van der Waals surface area contributed by atoms with E-state index >= 15 is 0 Å². The van der Waals surface area contributed by atoms with Crippen molar-refractivity contribution in [3.8, 4) is 11.8 Å². The van der Waals surface area contributed by atoms with Crippen LogP contribution in [0.3, 0.4) is 0 Å². The molecule has 0 saturated carbocycles. The zero-order valence-corrected chi connectivity index (χ0v) is 9.16. The highest BCUT2D eigenvalue weighted by Crippen LogP contribution is 2.16. The summed E-state index contributed by atoms with van der Waals surface area (Å²) < 4.78 is 0. The van der Waals surface area contributed by atoms with Crippen molar-refractivity contribution in [1.82, 2.24) is 5.32 Å². The number of rotatable bonds is 4. The first-order valence-electron chi connectivity index (χ1n) is 4.28. The van der Waals surface area contributed by atoms with Crippen LogP contribution in [0.5, 0.6) is 0 Å². The highest BCUT2D eigenvalue weighted by molar-refractivity contribution is 6.19. The molecule has 0 radical (unpaired) electrons. The Hall–Kier alpha value is -0.680. The van der Waals surface area contributed by atoms with Crippen LogP contribution in [-0.2, 0) is 4.79 Å². The normalized spacial score (nSPS) is 10.2. The van der Waals surface area contributed by atoms with Gasteiger partial charge < -0.3 is 5.32 Å². The standard InChI is InChI=1S/C10H16ClNO/c1-4-5-6-7-12-9(13)10(2,3)8-11/h6-8H2,1-3H3,(H,12,13). The van der Waals surface area contributed by atoms with Crippen LogP contribution in [0, 0.1) is 17.3 Å². The molecule has 2 nitrogen and oxygen atoms in total. The summed E-state index contributed by atoms with van der Waals surface area (Å²) in [6.07, 6.45) is 0.695. The van der Waals surface area contributed by atoms with E-state index < -0.39 is 5.41 Å². The average Bonchev–Trinajstić information content (AvgIpc) is 2.12. The molecule has 13 heavy (non-hydrogen) atoms. The maximum Gasteiger partial charge on any atom is 0.226 e. The molecular weight excluding hydrogens is 186 g/mol. The van der Waals surface area contributed by atoms with Crippen LogP contribution in [0.25, 0.3) is 0 Å². The second kappa shape index (κ2) is 5.88. The molecule has 1 amide bonds. The first-order chi connectivity index (χ1) is 6.04.